The molecule has 1 fully saturated rings. The average molecular weight is 298 g/mol. The third kappa shape index (κ3) is 4.37. The Bertz CT molecular complexity index is 473. The Balaban J connectivity index is 1.76. The van der Waals surface area contributed by atoms with Gasteiger partial charge in [0, 0.05) is 31.2 Å². The monoisotopic (exact) mass is 297 g/mol. The topological polar surface area (TPSA) is 44.8 Å². The molecule has 5 nitrogen and oxygen atoms in total. The van der Waals surface area contributed by atoms with Crippen molar-refractivity contribution in [1.82, 2.24) is 15.3 Å². The molecule has 0 saturated carbocycles. The summed E-state index contributed by atoms with van der Waals surface area (Å²) in [6, 6.07) is 5.36. The van der Waals surface area contributed by atoms with E-state index in [1.165, 1.54) is 0 Å². The van der Waals surface area contributed by atoms with Gasteiger partial charge in [0.25, 0.3) is 5.91 Å². The molecule has 2 rings (SSSR count). The van der Waals surface area contributed by atoms with Crippen molar-refractivity contribution in [2.24, 2.45) is 0 Å². The number of hydrogen-bond acceptors (Lipinski definition) is 4. The molecule has 110 valence electrons. The van der Waals surface area contributed by atoms with Crippen molar-refractivity contribution < 1.29 is 9.53 Å². The van der Waals surface area contributed by atoms with Crippen LogP contribution in [-0.2, 0) is 4.79 Å². The Morgan fingerprint density at radius 3 is 2.70 bits per heavy atom. The van der Waals surface area contributed by atoms with E-state index in [1.807, 2.05) is 18.0 Å². The van der Waals surface area contributed by atoms with Crippen LogP contribution in [0.15, 0.2) is 18.2 Å². The van der Waals surface area contributed by atoms with Crippen LogP contribution in [0.4, 0.5) is 0 Å². The molecule has 1 saturated heterocycles. The summed E-state index contributed by atoms with van der Waals surface area (Å²) in [5.41, 5.74) is 3.79. The molecule has 1 N–H and O–H groups in total. The van der Waals surface area contributed by atoms with Gasteiger partial charge in [-0.2, -0.15) is 0 Å². The van der Waals surface area contributed by atoms with Crippen molar-refractivity contribution in [2.45, 2.75) is 6.92 Å². The van der Waals surface area contributed by atoms with Gasteiger partial charge in [0.1, 0.15) is 5.75 Å². The standard InChI is InChI=1S/C14H20ClN3O2/c1-11-9-12(3-4-13(11)15)20-10-14(19)16-18-7-5-17(2)6-8-18/h3-4,9H,5-8,10H2,1-2H3,(H,16,19). The van der Waals surface area contributed by atoms with Gasteiger partial charge in [-0.25, -0.2) is 5.01 Å². The number of aryl methyl sites for hydroxylation is 1. The van der Waals surface area contributed by atoms with E-state index in [2.05, 4.69) is 17.4 Å². The molecule has 6 heteroatoms. The second-order valence-electron chi connectivity index (χ2n) is 5.02. The molecule has 1 heterocycles. The van der Waals surface area contributed by atoms with Crippen LogP contribution in [0.5, 0.6) is 5.75 Å². The highest BCUT2D eigenvalue weighted by molar-refractivity contribution is 6.31. The number of rotatable bonds is 4. The lowest BCUT2D eigenvalue weighted by molar-refractivity contribution is -0.128. The zero-order valence-electron chi connectivity index (χ0n) is 11.9. The predicted molar refractivity (Wildman–Crippen MR) is 78.9 cm³/mol. The fraction of sp³-hybridized carbons (Fsp3) is 0.500. The van der Waals surface area contributed by atoms with Crippen molar-refractivity contribution in [2.75, 3.05) is 39.8 Å². The normalized spacial score (nSPS) is 16.9. The van der Waals surface area contributed by atoms with Crippen molar-refractivity contribution in [3.05, 3.63) is 28.8 Å². The lowest BCUT2D eigenvalue weighted by Crippen LogP contribution is -2.53. The van der Waals surface area contributed by atoms with E-state index < -0.39 is 0 Å². The number of hydrogen-bond donors (Lipinski definition) is 1. The fourth-order valence-electron chi connectivity index (χ4n) is 1.98. The quantitative estimate of drug-likeness (QED) is 0.910. The summed E-state index contributed by atoms with van der Waals surface area (Å²) in [4.78, 5) is 14.0. The van der Waals surface area contributed by atoms with Crippen LogP contribution in [0.2, 0.25) is 5.02 Å². The average Bonchev–Trinajstić information content (AvgIpc) is 2.43. The van der Waals surface area contributed by atoms with Crippen LogP contribution in [0.3, 0.4) is 0 Å². The molecular formula is C14H20ClN3O2. The van der Waals surface area contributed by atoms with Crippen molar-refractivity contribution in [1.29, 1.82) is 0 Å². The fourth-order valence-corrected chi connectivity index (χ4v) is 2.10. The predicted octanol–water partition coefficient (Wildman–Crippen LogP) is 1.31. The summed E-state index contributed by atoms with van der Waals surface area (Å²) in [5, 5.41) is 2.62. The minimum absolute atomic E-state index is 0.00735. The summed E-state index contributed by atoms with van der Waals surface area (Å²) in [7, 11) is 2.07. The summed E-state index contributed by atoms with van der Waals surface area (Å²) >= 11 is 5.94. The number of carbonyl (C=O) groups is 1. The van der Waals surface area contributed by atoms with E-state index in [4.69, 9.17) is 16.3 Å². The minimum Gasteiger partial charge on any atom is -0.484 e. The number of ether oxygens (including phenoxy) is 1. The molecular weight excluding hydrogens is 278 g/mol. The molecule has 0 unspecified atom stereocenters. The molecule has 0 spiro atoms. The summed E-state index contributed by atoms with van der Waals surface area (Å²) in [5.74, 6) is 0.516. The van der Waals surface area contributed by atoms with Gasteiger partial charge in [-0.05, 0) is 37.7 Å². The van der Waals surface area contributed by atoms with E-state index in [9.17, 15) is 4.79 Å². The summed E-state index contributed by atoms with van der Waals surface area (Å²) in [6.07, 6.45) is 0. The molecule has 0 atom stereocenters. The number of carbonyl (C=O) groups excluding carboxylic acids is 1. The zero-order valence-corrected chi connectivity index (χ0v) is 12.6. The molecule has 1 amide bonds. The Kier molecular flexibility index (Phi) is 5.23. The largest absolute Gasteiger partial charge is 0.484 e. The van der Waals surface area contributed by atoms with E-state index in [0.29, 0.717) is 10.8 Å². The SMILES string of the molecule is Cc1cc(OCC(=O)NN2CCN(C)CC2)ccc1Cl. The number of hydrazine groups is 1. The second-order valence-corrected chi connectivity index (χ2v) is 5.43. The highest BCUT2D eigenvalue weighted by atomic mass is 35.5. The molecule has 1 aliphatic rings. The van der Waals surface area contributed by atoms with Crippen LogP contribution in [0.1, 0.15) is 5.56 Å². The Morgan fingerprint density at radius 2 is 2.05 bits per heavy atom. The Hall–Kier alpha value is -1.30. The highest BCUT2D eigenvalue weighted by Gasteiger charge is 2.15. The number of likely N-dealkylation sites (N-methyl/N-ethyl adjacent to an activating group) is 1. The molecule has 0 bridgehead atoms. The molecule has 1 aromatic rings. The maximum atomic E-state index is 11.8. The van der Waals surface area contributed by atoms with E-state index >= 15 is 0 Å². The molecule has 0 radical (unpaired) electrons. The number of nitrogens with zero attached hydrogens (tertiary/aromatic N) is 2. The maximum absolute atomic E-state index is 11.8. The van der Waals surface area contributed by atoms with Crippen LogP contribution in [0, 0.1) is 6.92 Å². The summed E-state index contributed by atoms with van der Waals surface area (Å²) in [6.45, 7) is 5.49. The van der Waals surface area contributed by atoms with Crippen LogP contribution in [0.25, 0.3) is 0 Å². The zero-order chi connectivity index (χ0) is 14.5. The number of nitrogens with one attached hydrogen (secondary N) is 1. The van der Waals surface area contributed by atoms with Gasteiger partial charge in [-0.3, -0.25) is 10.2 Å². The number of halogens is 1. The van der Waals surface area contributed by atoms with Gasteiger partial charge in [-0.15, -0.1) is 0 Å². The van der Waals surface area contributed by atoms with Gasteiger partial charge in [0.2, 0.25) is 0 Å². The smallest absolute Gasteiger partial charge is 0.272 e. The van der Waals surface area contributed by atoms with Gasteiger partial charge >= 0.3 is 0 Å². The lowest BCUT2D eigenvalue weighted by Gasteiger charge is -2.32. The van der Waals surface area contributed by atoms with E-state index in [1.54, 1.807) is 12.1 Å². The number of piperazine rings is 1. The highest BCUT2D eigenvalue weighted by Crippen LogP contribution is 2.20. The molecule has 1 aliphatic heterocycles. The first kappa shape index (κ1) is 15.1. The Morgan fingerprint density at radius 1 is 1.35 bits per heavy atom. The van der Waals surface area contributed by atoms with Crippen LogP contribution >= 0.6 is 11.6 Å². The Labute approximate surface area is 124 Å². The van der Waals surface area contributed by atoms with Gasteiger partial charge in [0.05, 0.1) is 0 Å². The molecule has 0 aliphatic carbocycles. The molecule has 0 aromatic heterocycles. The van der Waals surface area contributed by atoms with Crippen LogP contribution < -0.4 is 10.2 Å². The van der Waals surface area contributed by atoms with Crippen molar-refractivity contribution >= 4 is 17.5 Å². The third-order valence-corrected chi connectivity index (χ3v) is 3.71. The minimum atomic E-state index is -0.137. The first-order valence-corrected chi connectivity index (χ1v) is 7.04. The molecule has 1 aromatic carbocycles. The maximum Gasteiger partial charge on any atom is 0.272 e. The van der Waals surface area contributed by atoms with Crippen LogP contribution in [-0.4, -0.2) is 55.6 Å². The van der Waals surface area contributed by atoms with E-state index in [-0.39, 0.29) is 12.5 Å². The van der Waals surface area contributed by atoms with Gasteiger partial charge in [-0.1, -0.05) is 11.6 Å². The van der Waals surface area contributed by atoms with Crippen molar-refractivity contribution in [3.8, 4) is 5.75 Å². The van der Waals surface area contributed by atoms with Gasteiger partial charge in [0.15, 0.2) is 6.61 Å². The van der Waals surface area contributed by atoms with E-state index in [0.717, 1.165) is 31.7 Å². The number of amides is 1. The van der Waals surface area contributed by atoms with Gasteiger partial charge < -0.3 is 9.64 Å². The second kappa shape index (κ2) is 6.92. The van der Waals surface area contributed by atoms with Crippen molar-refractivity contribution in [3.63, 3.8) is 0 Å². The lowest BCUT2D eigenvalue weighted by atomic mass is 10.2. The number of benzene rings is 1. The third-order valence-electron chi connectivity index (χ3n) is 3.29. The first-order chi connectivity index (χ1) is 9.54. The summed E-state index contributed by atoms with van der Waals surface area (Å²) < 4.78 is 5.46. The first-order valence-electron chi connectivity index (χ1n) is 6.66. The molecule has 20 heavy (non-hydrogen) atoms.